The second-order valence-electron chi connectivity index (χ2n) is 4.34. The number of halogens is 2. The molecule has 0 spiro atoms. The molecule has 7 heteroatoms. The van der Waals surface area contributed by atoms with E-state index in [1.807, 2.05) is 19.1 Å². The first kappa shape index (κ1) is 15.5. The maximum Gasteiger partial charge on any atom is 0.287 e. The number of nitrogens with one attached hydrogen (secondary N) is 1. The fourth-order valence-corrected chi connectivity index (χ4v) is 2.48. The number of hydrogen-bond donors (Lipinski definition) is 1. The van der Waals surface area contributed by atoms with Gasteiger partial charge < -0.3 is 5.32 Å². The molecule has 108 valence electrons. The number of carbonyl (C=O) groups excluding carboxylic acids is 1. The van der Waals surface area contributed by atoms with Crippen molar-refractivity contribution >= 4 is 44.8 Å². The Morgan fingerprint density at radius 3 is 2.57 bits per heavy atom. The lowest BCUT2D eigenvalue weighted by atomic mass is 10.1. The molecule has 2 aromatic rings. The Bertz CT molecular complexity index is 734. The van der Waals surface area contributed by atoms with Crippen LogP contribution in [-0.4, -0.2) is 10.8 Å². The summed E-state index contributed by atoms with van der Waals surface area (Å²) in [4.78, 5) is 22.2. The first-order chi connectivity index (χ1) is 9.88. The second kappa shape index (κ2) is 6.24. The van der Waals surface area contributed by atoms with Gasteiger partial charge in [0.25, 0.3) is 11.6 Å². The van der Waals surface area contributed by atoms with Crippen LogP contribution in [0.2, 0.25) is 5.02 Å². The third kappa shape index (κ3) is 3.59. The molecule has 1 amide bonds. The fourth-order valence-electron chi connectivity index (χ4n) is 1.76. The van der Waals surface area contributed by atoms with Crippen molar-refractivity contribution in [1.82, 2.24) is 0 Å². The Labute approximate surface area is 134 Å². The highest BCUT2D eigenvalue weighted by molar-refractivity contribution is 9.10. The van der Waals surface area contributed by atoms with Crippen LogP contribution in [0.1, 0.15) is 15.9 Å². The maximum absolute atomic E-state index is 12.1. The summed E-state index contributed by atoms with van der Waals surface area (Å²) < 4.78 is 0.913. The van der Waals surface area contributed by atoms with Gasteiger partial charge in [0.15, 0.2) is 0 Å². The molecule has 0 heterocycles. The zero-order valence-electron chi connectivity index (χ0n) is 10.9. The first-order valence-corrected chi connectivity index (χ1v) is 7.07. The highest BCUT2D eigenvalue weighted by Gasteiger charge is 2.15. The Hall–Kier alpha value is -1.92. The Morgan fingerprint density at radius 2 is 2.00 bits per heavy atom. The van der Waals surface area contributed by atoms with E-state index in [4.69, 9.17) is 11.6 Å². The van der Waals surface area contributed by atoms with Gasteiger partial charge in [0.2, 0.25) is 0 Å². The van der Waals surface area contributed by atoms with Crippen molar-refractivity contribution in [3.63, 3.8) is 0 Å². The average Bonchev–Trinajstić information content (AvgIpc) is 2.41. The SMILES string of the molecule is Cc1cc(Br)ccc1NC(=O)c1ccc([N+](=O)[O-])c(Cl)c1. The summed E-state index contributed by atoms with van der Waals surface area (Å²) in [6.45, 7) is 1.86. The van der Waals surface area contributed by atoms with Gasteiger partial charge >= 0.3 is 0 Å². The molecule has 0 aromatic heterocycles. The summed E-state index contributed by atoms with van der Waals surface area (Å²) in [6, 6.07) is 9.32. The number of nitro groups is 1. The molecule has 0 radical (unpaired) electrons. The predicted molar refractivity (Wildman–Crippen MR) is 84.9 cm³/mol. The van der Waals surface area contributed by atoms with Crippen LogP contribution in [0.4, 0.5) is 11.4 Å². The number of aryl methyl sites for hydroxylation is 1. The molecular weight excluding hydrogens is 360 g/mol. The third-order valence-electron chi connectivity index (χ3n) is 2.84. The molecule has 2 aromatic carbocycles. The number of nitrogens with zero attached hydrogens (tertiary/aromatic N) is 1. The Balaban J connectivity index is 2.24. The van der Waals surface area contributed by atoms with Crippen LogP contribution in [0.15, 0.2) is 40.9 Å². The third-order valence-corrected chi connectivity index (χ3v) is 3.64. The molecule has 2 rings (SSSR count). The lowest BCUT2D eigenvalue weighted by Crippen LogP contribution is -2.12. The molecular formula is C14H10BrClN2O3. The van der Waals surface area contributed by atoms with Gasteiger partial charge in [-0.3, -0.25) is 14.9 Å². The van der Waals surface area contributed by atoms with Gasteiger partial charge in [-0.25, -0.2) is 0 Å². The quantitative estimate of drug-likeness (QED) is 0.636. The smallest absolute Gasteiger partial charge is 0.287 e. The summed E-state index contributed by atoms with van der Waals surface area (Å²) >= 11 is 9.14. The van der Waals surface area contributed by atoms with Crippen LogP contribution >= 0.6 is 27.5 Å². The van der Waals surface area contributed by atoms with Crippen molar-refractivity contribution in [3.05, 3.63) is 67.1 Å². The van der Waals surface area contributed by atoms with Gasteiger partial charge in [-0.2, -0.15) is 0 Å². The zero-order chi connectivity index (χ0) is 15.6. The summed E-state index contributed by atoms with van der Waals surface area (Å²) in [7, 11) is 0. The Kier molecular flexibility index (Phi) is 4.59. The van der Waals surface area contributed by atoms with Crippen LogP contribution in [0, 0.1) is 17.0 Å². The van der Waals surface area contributed by atoms with Crippen LogP contribution < -0.4 is 5.32 Å². The van der Waals surface area contributed by atoms with E-state index in [-0.39, 0.29) is 22.2 Å². The number of amides is 1. The highest BCUT2D eigenvalue weighted by atomic mass is 79.9. The van der Waals surface area contributed by atoms with Crippen molar-refractivity contribution in [3.8, 4) is 0 Å². The summed E-state index contributed by atoms with van der Waals surface area (Å²) in [6.07, 6.45) is 0. The average molecular weight is 370 g/mol. The minimum atomic E-state index is -0.594. The molecule has 0 aliphatic rings. The summed E-state index contributed by atoms with van der Waals surface area (Å²) in [5.41, 5.74) is 1.59. The van der Waals surface area contributed by atoms with Crippen molar-refractivity contribution in [2.75, 3.05) is 5.32 Å². The van der Waals surface area contributed by atoms with Crippen molar-refractivity contribution in [2.45, 2.75) is 6.92 Å². The number of anilines is 1. The van der Waals surface area contributed by atoms with Crippen molar-refractivity contribution in [1.29, 1.82) is 0 Å². The van der Waals surface area contributed by atoms with E-state index in [2.05, 4.69) is 21.2 Å². The molecule has 0 bridgehead atoms. The second-order valence-corrected chi connectivity index (χ2v) is 5.66. The van der Waals surface area contributed by atoms with Crippen LogP contribution in [0.3, 0.4) is 0 Å². The predicted octanol–water partition coefficient (Wildman–Crippen LogP) is 4.57. The number of nitro benzene ring substituents is 1. The largest absolute Gasteiger partial charge is 0.322 e. The number of benzene rings is 2. The van der Waals surface area contributed by atoms with Gasteiger partial charge in [0.05, 0.1) is 4.92 Å². The molecule has 5 nitrogen and oxygen atoms in total. The molecule has 0 fully saturated rings. The van der Waals surface area contributed by atoms with E-state index in [0.29, 0.717) is 5.69 Å². The summed E-state index contributed by atoms with van der Waals surface area (Å²) in [5, 5.41) is 13.4. The molecule has 0 aliphatic carbocycles. The molecule has 1 N–H and O–H groups in total. The lowest BCUT2D eigenvalue weighted by Gasteiger charge is -2.09. The van der Waals surface area contributed by atoms with E-state index in [9.17, 15) is 14.9 Å². The van der Waals surface area contributed by atoms with Crippen molar-refractivity contribution in [2.24, 2.45) is 0 Å². The topological polar surface area (TPSA) is 72.2 Å². The fraction of sp³-hybridized carbons (Fsp3) is 0.0714. The maximum atomic E-state index is 12.1. The molecule has 0 unspecified atom stereocenters. The van der Waals surface area contributed by atoms with E-state index < -0.39 is 4.92 Å². The van der Waals surface area contributed by atoms with Gasteiger partial charge in [-0.15, -0.1) is 0 Å². The molecule has 0 saturated carbocycles. The molecule has 21 heavy (non-hydrogen) atoms. The van der Waals surface area contributed by atoms with Crippen LogP contribution in [0.25, 0.3) is 0 Å². The van der Waals surface area contributed by atoms with Gasteiger partial charge in [-0.05, 0) is 42.8 Å². The zero-order valence-corrected chi connectivity index (χ0v) is 13.2. The number of rotatable bonds is 3. The van der Waals surface area contributed by atoms with E-state index >= 15 is 0 Å². The number of hydrogen-bond acceptors (Lipinski definition) is 3. The van der Waals surface area contributed by atoms with Gasteiger partial charge in [0, 0.05) is 21.8 Å². The van der Waals surface area contributed by atoms with Crippen LogP contribution in [-0.2, 0) is 0 Å². The molecule has 0 aliphatic heterocycles. The van der Waals surface area contributed by atoms with Gasteiger partial charge in [0.1, 0.15) is 5.02 Å². The van der Waals surface area contributed by atoms with Crippen LogP contribution in [0.5, 0.6) is 0 Å². The minimum absolute atomic E-state index is 0.0693. The standard InChI is InChI=1S/C14H10BrClN2O3/c1-8-6-10(15)3-4-12(8)17-14(19)9-2-5-13(18(20)21)11(16)7-9/h2-7H,1H3,(H,17,19). The Morgan fingerprint density at radius 1 is 1.29 bits per heavy atom. The lowest BCUT2D eigenvalue weighted by molar-refractivity contribution is -0.384. The van der Waals surface area contributed by atoms with E-state index in [0.717, 1.165) is 10.0 Å². The molecule has 0 atom stereocenters. The summed E-state index contributed by atoms with van der Waals surface area (Å²) in [5.74, 6) is -0.378. The minimum Gasteiger partial charge on any atom is -0.322 e. The first-order valence-electron chi connectivity index (χ1n) is 5.90. The van der Waals surface area contributed by atoms with Gasteiger partial charge in [-0.1, -0.05) is 27.5 Å². The normalized spacial score (nSPS) is 10.2. The van der Waals surface area contributed by atoms with E-state index in [1.54, 1.807) is 6.07 Å². The number of carbonyl (C=O) groups is 1. The highest BCUT2D eigenvalue weighted by Crippen LogP contribution is 2.26. The van der Waals surface area contributed by atoms with Crippen molar-refractivity contribution < 1.29 is 9.72 Å². The molecule has 0 saturated heterocycles. The van der Waals surface area contributed by atoms with E-state index in [1.165, 1.54) is 18.2 Å². The monoisotopic (exact) mass is 368 g/mol.